The fourth-order valence-electron chi connectivity index (χ4n) is 2.83. The van der Waals surface area contributed by atoms with Crippen molar-refractivity contribution in [2.24, 2.45) is 0 Å². The van der Waals surface area contributed by atoms with Crippen molar-refractivity contribution >= 4 is 23.5 Å². The zero-order valence-electron chi connectivity index (χ0n) is 15.3. The van der Waals surface area contributed by atoms with Crippen LogP contribution in [0.15, 0.2) is 35.9 Å². The third-order valence-corrected chi connectivity index (χ3v) is 4.20. The van der Waals surface area contributed by atoms with Gasteiger partial charge in [-0.25, -0.2) is 4.79 Å². The molecule has 1 aliphatic rings. The summed E-state index contributed by atoms with van der Waals surface area (Å²) in [5.74, 6) is -1.14. The molecule has 140 valence electrons. The third-order valence-electron chi connectivity index (χ3n) is 4.20. The van der Waals surface area contributed by atoms with E-state index in [2.05, 4.69) is 16.7 Å². The molecule has 1 aliphatic carbocycles. The minimum absolute atomic E-state index is 0.226. The zero-order chi connectivity index (χ0) is 18.9. The first kappa shape index (κ1) is 19.7. The fraction of sp³-hybridized carbons (Fsp3) is 0.450. The Morgan fingerprint density at radius 2 is 2.04 bits per heavy atom. The predicted octanol–water partition coefficient (Wildman–Crippen LogP) is 3.20. The third kappa shape index (κ3) is 6.35. The lowest BCUT2D eigenvalue weighted by Gasteiger charge is -2.16. The zero-order valence-corrected chi connectivity index (χ0v) is 15.3. The van der Waals surface area contributed by atoms with Crippen molar-refractivity contribution in [2.75, 3.05) is 11.9 Å². The maximum atomic E-state index is 12.2. The van der Waals surface area contributed by atoms with Crippen molar-refractivity contribution in [3.05, 3.63) is 41.5 Å². The van der Waals surface area contributed by atoms with Gasteiger partial charge in [-0.05, 0) is 57.2 Å². The predicted molar refractivity (Wildman–Crippen MR) is 99.8 cm³/mol. The molecular formula is C20H26N2O4. The number of nitrogens with one attached hydrogen (secondary N) is 2. The minimum atomic E-state index is -0.882. The topological polar surface area (TPSA) is 84.5 Å². The van der Waals surface area contributed by atoms with Gasteiger partial charge in [0.1, 0.15) is 0 Å². The molecule has 2 amide bonds. The number of ether oxygens (including phenoxy) is 1. The van der Waals surface area contributed by atoms with Gasteiger partial charge in [-0.2, -0.15) is 0 Å². The second kappa shape index (κ2) is 9.75. The van der Waals surface area contributed by atoms with Crippen LogP contribution in [0.3, 0.4) is 0 Å². The van der Waals surface area contributed by atoms with Crippen molar-refractivity contribution in [3.8, 4) is 0 Å². The van der Waals surface area contributed by atoms with Crippen molar-refractivity contribution in [1.82, 2.24) is 5.32 Å². The summed E-state index contributed by atoms with van der Waals surface area (Å²) in [6.45, 7) is 3.48. The highest BCUT2D eigenvalue weighted by atomic mass is 16.5. The molecular weight excluding hydrogens is 332 g/mol. The SMILES string of the molecule is CC(=O)Nc1cccc(C(=O)OC(C)C(=O)NCCC2=CCCCC2)c1. The molecule has 2 rings (SSSR count). The first-order valence-corrected chi connectivity index (χ1v) is 9.00. The van der Waals surface area contributed by atoms with E-state index in [1.165, 1.54) is 31.4 Å². The van der Waals surface area contributed by atoms with Gasteiger partial charge in [0, 0.05) is 19.2 Å². The highest BCUT2D eigenvalue weighted by Crippen LogP contribution is 2.19. The van der Waals surface area contributed by atoms with Gasteiger partial charge in [-0.3, -0.25) is 9.59 Å². The maximum Gasteiger partial charge on any atom is 0.338 e. The summed E-state index contributed by atoms with van der Waals surface area (Å²) >= 11 is 0. The van der Waals surface area contributed by atoms with Crippen LogP contribution < -0.4 is 10.6 Å². The smallest absolute Gasteiger partial charge is 0.338 e. The molecule has 6 nitrogen and oxygen atoms in total. The van der Waals surface area contributed by atoms with E-state index in [-0.39, 0.29) is 17.4 Å². The van der Waals surface area contributed by atoms with Crippen LogP contribution in [0.4, 0.5) is 5.69 Å². The molecule has 0 heterocycles. The second-order valence-corrected chi connectivity index (χ2v) is 6.46. The summed E-state index contributed by atoms with van der Waals surface area (Å²) in [6.07, 6.45) is 6.89. The summed E-state index contributed by atoms with van der Waals surface area (Å²) in [7, 11) is 0. The van der Waals surface area contributed by atoms with E-state index in [1.54, 1.807) is 25.1 Å². The van der Waals surface area contributed by atoms with Crippen molar-refractivity contribution in [3.63, 3.8) is 0 Å². The van der Waals surface area contributed by atoms with E-state index in [9.17, 15) is 14.4 Å². The summed E-state index contributed by atoms with van der Waals surface area (Å²) < 4.78 is 5.22. The number of carbonyl (C=O) groups excluding carboxylic acids is 3. The molecule has 26 heavy (non-hydrogen) atoms. The van der Waals surface area contributed by atoms with E-state index in [1.807, 2.05) is 0 Å². The summed E-state index contributed by atoms with van der Waals surface area (Å²) in [5.41, 5.74) is 2.17. The Balaban J connectivity index is 1.81. The average molecular weight is 358 g/mol. The van der Waals surface area contributed by atoms with Gasteiger partial charge in [0.2, 0.25) is 5.91 Å². The number of amides is 2. The van der Waals surface area contributed by atoms with Gasteiger partial charge in [0.05, 0.1) is 5.56 Å². The van der Waals surface area contributed by atoms with Gasteiger partial charge in [-0.15, -0.1) is 0 Å². The Morgan fingerprint density at radius 1 is 1.23 bits per heavy atom. The quantitative estimate of drug-likeness (QED) is 0.579. The van der Waals surface area contributed by atoms with Gasteiger partial charge in [0.25, 0.3) is 5.91 Å². The Labute approximate surface area is 154 Å². The first-order chi connectivity index (χ1) is 12.5. The number of carbonyl (C=O) groups is 3. The summed E-state index contributed by atoms with van der Waals surface area (Å²) in [6, 6.07) is 6.41. The standard InChI is InChI=1S/C20H26N2O4/c1-14(19(24)21-12-11-16-7-4-3-5-8-16)26-20(25)17-9-6-10-18(13-17)22-15(2)23/h6-7,9-10,13-14H,3-5,8,11-12H2,1-2H3,(H,21,24)(H,22,23). The number of rotatable bonds is 7. The lowest BCUT2D eigenvalue weighted by molar-refractivity contribution is -0.129. The molecule has 1 unspecified atom stereocenters. The molecule has 0 saturated carbocycles. The molecule has 0 saturated heterocycles. The minimum Gasteiger partial charge on any atom is -0.449 e. The Morgan fingerprint density at radius 3 is 2.73 bits per heavy atom. The van der Waals surface area contributed by atoms with E-state index in [0.717, 1.165) is 19.3 Å². The molecule has 0 bridgehead atoms. The van der Waals surface area contributed by atoms with Crippen LogP contribution in [0, 0.1) is 0 Å². The van der Waals surface area contributed by atoms with Crippen LogP contribution in [0.5, 0.6) is 0 Å². The van der Waals surface area contributed by atoms with E-state index in [4.69, 9.17) is 4.74 Å². The molecule has 0 aromatic heterocycles. The van der Waals surface area contributed by atoms with Crippen LogP contribution in [-0.4, -0.2) is 30.4 Å². The monoisotopic (exact) mass is 358 g/mol. The lowest BCUT2D eigenvalue weighted by atomic mass is 9.97. The van der Waals surface area contributed by atoms with Gasteiger partial charge in [0.15, 0.2) is 6.10 Å². The number of anilines is 1. The molecule has 0 spiro atoms. The Kier molecular flexibility index (Phi) is 7.38. The van der Waals surface area contributed by atoms with E-state index >= 15 is 0 Å². The van der Waals surface area contributed by atoms with Crippen LogP contribution in [-0.2, 0) is 14.3 Å². The second-order valence-electron chi connectivity index (χ2n) is 6.46. The first-order valence-electron chi connectivity index (χ1n) is 9.00. The fourth-order valence-corrected chi connectivity index (χ4v) is 2.83. The van der Waals surface area contributed by atoms with Gasteiger partial charge >= 0.3 is 5.97 Å². The molecule has 1 atom stereocenters. The summed E-state index contributed by atoms with van der Waals surface area (Å²) in [5, 5.41) is 5.41. The summed E-state index contributed by atoms with van der Waals surface area (Å²) in [4.78, 5) is 35.4. The Hall–Kier alpha value is -2.63. The largest absolute Gasteiger partial charge is 0.449 e. The van der Waals surface area contributed by atoms with E-state index < -0.39 is 12.1 Å². The van der Waals surface area contributed by atoms with Gasteiger partial charge in [-0.1, -0.05) is 17.7 Å². The molecule has 1 aromatic rings. The van der Waals surface area contributed by atoms with Gasteiger partial charge < -0.3 is 15.4 Å². The van der Waals surface area contributed by atoms with Crippen molar-refractivity contribution < 1.29 is 19.1 Å². The molecule has 1 aromatic carbocycles. The lowest BCUT2D eigenvalue weighted by Crippen LogP contribution is -2.36. The number of esters is 1. The number of allylic oxidation sites excluding steroid dienone is 1. The molecule has 0 fully saturated rings. The Bertz CT molecular complexity index is 697. The van der Waals surface area contributed by atoms with Crippen LogP contribution in [0.25, 0.3) is 0 Å². The van der Waals surface area contributed by atoms with Crippen molar-refractivity contribution in [2.45, 2.75) is 52.1 Å². The van der Waals surface area contributed by atoms with Crippen LogP contribution >= 0.6 is 0 Å². The van der Waals surface area contributed by atoms with E-state index in [0.29, 0.717) is 12.2 Å². The average Bonchev–Trinajstić information content (AvgIpc) is 2.62. The molecule has 6 heteroatoms. The van der Waals surface area contributed by atoms with Crippen LogP contribution in [0.2, 0.25) is 0 Å². The normalized spacial score (nSPS) is 14.8. The highest BCUT2D eigenvalue weighted by Gasteiger charge is 2.19. The van der Waals surface area contributed by atoms with Crippen LogP contribution in [0.1, 0.15) is 56.3 Å². The highest BCUT2D eigenvalue weighted by molar-refractivity contribution is 5.95. The number of hydrogen-bond donors (Lipinski definition) is 2. The van der Waals surface area contributed by atoms with Crippen molar-refractivity contribution in [1.29, 1.82) is 0 Å². The number of benzene rings is 1. The molecule has 2 N–H and O–H groups in total. The molecule has 0 aliphatic heterocycles. The number of hydrogen-bond acceptors (Lipinski definition) is 4. The molecule has 0 radical (unpaired) electrons. The maximum absolute atomic E-state index is 12.2.